The first-order valence-corrected chi connectivity index (χ1v) is 17.1. The van der Waals surface area contributed by atoms with E-state index in [-0.39, 0.29) is 101 Å². The van der Waals surface area contributed by atoms with Crippen molar-refractivity contribution in [1.29, 1.82) is 0 Å². The number of rotatable bonds is 12. The Kier molecular flexibility index (Phi) is 14.3. The summed E-state index contributed by atoms with van der Waals surface area (Å²) in [6, 6.07) is 5.56. The maximum atomic E-state index is 15.3. The van der Waals surface area contributed by atoms with Gasteiger partial charge in [0.1, 0.15) is 23.3 Å². The summed E-state index contributed by atoms with van der Waals surface area (Å²) in [5, 5.41) is 0. The van der Waals surface area contributed by atoms with Gasteiger partial charge in [-0.2, -0.15) is 0 Å². The van der Waals surface area contributed by atoms with Crippen LogP contribution in [0.2, 0.25) is 0 Å². The zero-order valence-corrected chi connectivity index (χ0v) is 31.0. The summed E-state index contributed by atoms with van der Waals surface area (Å²) in [6.07, 6.45) is 0.433. The maximum Gasteiger partial charge on any atom is 0.495 e. The Balaban J connectivity index is 0.00000358. The number of benzene rings is 2. The second-order valence-corrected chi connectivity index (χ2v) is 11.5. The predicted octanol–water partition coefficient (Wildman–Crippen LogP) is 10.1. The van der Waals surface area contributed by atoms with Crippen molar-refractivity contribution < 1.29 is 40.9 Å². The number of carbonyl (C=O) groups is 2. The fourth-order valence-electron chi connectivity index (χ4n) is 6.29. The molecule has 0 saturated carbocycles. The molecule has 1 aliphatic heterocycles. The fraction of sp³-hybridized carbons (Fsp3) is 0.325. The predicted molar refractivity (Wildman–Crippen MR) is 196 cm³/mol. The van der Waals surface area contributed by atoms with Crippen LogP contribution in [-0.2, 0) is 20.7 Å². The lowest BCUT2D eigenvalue weighted by atomic mass is 9.82. The highest BCUT2D eigenvalue weighted by Gasteiger charge is 2.36. The maximum absolute atomic E-state index is 15.3. The number of aromatic nitrogens is 1. The number of hydrogen-bond acceptors (Lipinski definition) is 5. The van der Waals surface area contributed by atoms with E-state index in [1.54, 1.807) is 41.5 Å². The van der Waals surface area contributed by atoms with Crippen LogP contribution in [0.5, 0.6) is 0 Å². The molecule has 0 spiro atoms. The van der Waals surface area contributed by atoms with Crippen LogP contribution in [0, 0.1) is 30.2 Å². The number of ether oxygens (including phenoxy) is 2. The van der Waals surface area contributed by atoms with Gasteiger partial charge >= 0.3 is 19.6 Å². The van der Waals surface area contributed by atoms with Crippen molar-refractivity contribution in [2.24, 2.45) is 4.99 Å². The lowest BCUT2D eigenvalue weighted by Gasteiger charge is -2.23. The first kappa shape index (κ1) is 41.4. The van der Waals surface area contributed by atoms with Gasteiger partial charge < -0.3 is 18.3 Å². The minimum Gasteiger partial charge on any atom is -0.462 e. The van der Waals surface area contributed by atoms with E-state index in [4.69, 9.17) is 14.5 Å². The normalized spacial score (nSPS) is 13.9. The minimum atomic E-state index is -0.925. The number of hydrogen-bond donors (Lipinski definition) is 0. The molecule has 2 aromatic carbocycles. The highest BCUT2D eigenvalue weighted by Crippen LogP contribution is 2.47. The lowest BCUT2D eigenvalue weighted by molar-refractivity contribution is -0.137. The van der Waals surface area contributed by atoms with Gasteiger partial charge in [0.05, 0.1) is 35.8 Å². The van der Waals surface area contributed by atoms with E-state index in [1.807, 2.05) is 13.8 Å². The van der Waals surface area contributed by atoms with Crippen molar-refractivity contribution in [2.75, 3.05) is 13.2 Å². The van der Waals surface area contributed by atoms with E-state index in [0.29, 0.717) is 23.4 Å². The average molecular weight is 722 g/mol. The Hall–Kier alpha value is -5.00. The van der Waals surface area contributed by atoms with Gasteiger partial charge in [-0.15, -0.1) is 0 Å². The summed E-state index contributed by atoms with van der Waals surface area (Å²) < 4.78 is 86.1. The second kappa shape index (κ2) is 18.0. The molecule has 1 aliphatic rings. The molecule has 4 rings (SSSR count). The number of esters is 2. The van der Waals surface area contributed by atoms with Crippen molar-refractivity contribution >= 4 is 42.1 Å². The summed E-state index contributed by atoms with van der Waals surface area (Å²) in [7, 11) is 0.259. The monoisotopic (exact) mass is 721 g/mol. The Morgan fingerprint density at radius 1 is 0.808 bits per heavy atom. The van der Waals surface area contributed by atoms with Gasteiger partial charge in [-0.25, -0.2) is 27.2 Å². The van der Waals surface area contributed by atoms with Gasteiger partial charge in [0.15, 0.2) is 0 Å². The van der Waals surface area contributed by atoms with E-state index >= 15 is 4.32 Å². The van der Waals surface area contributed by atoms with Crippen molar-refractivity contribution in [3.8, 4) is 0 Å². The molecule has 6 nitrogen and oxygen atoms in total. The Morgan fingerprint density at radius 2 is 1.31 bits per heavy atom. The molecule has 0 aliphatic carbocycles. The van der Waals surface area contributed by atoms with Gasteiger partial charge in [0.25, 0.3) is 0 Å². The van der Waals surface area contributed by atoms with E-state index in [0.717, 1.165) is 28.7 Å². The van der Waals surface area contributed by atoms with Crippen LogP contribution in [0.4, 0.5) is 21.9 Å². The summed E-state index contributed by atoms with van der Waals surface area (Å²) in [5.74, 6) is -5.04. The molecule has 275 valence electrons. The zero-order valence-electron chi connectivity index (χ0n) is 31.0. The summed E-state index contributed by atoms with van der Waals surface area (Å²) >= 11 is 0. The summed E-state index contributed by atoms with van der Waals surface area (Å²) in [5.41, 5.74) is 1.78. The molecule has 0 saturated heterocycles. The highest BCUT2D eigenvalue weighted by atomic mass is 19.1. The molecule has 0 amide bonds. The molecule has 0 unspecified atom stereocenters. The summed E-state index contributed by atoms with van der Waals surface area (Å²) in [6.45, 7) is 19.8. The third kappa shape index (κ3) is 8.21. The quantitative estimate of drug-likeness (QED) is 0.0808. The van der Waals surface area contributed by atoms with E-state index in [2.05, 4.69) is 6.58 Å². The van der Waals surface area contributed by atoms with Crippen LogP contribution in [0.1, 0.15) is 100 Å². The molecule has 0 fully saturated rings. The molecule has 52 heavy (non-hydrogen) atoms. The van der Waals surface area contributed by atoms with Gasteiger partial charge in [0, 0.05) is 29.1 Å². The number of nitrogens with zero attached hydrogens (tertiary/aromatic N) is 2. The Labute approximate surface area is 302 Å². The Morgan fingerprint density at radius 3 is 1.77 bits per heavy atom. The minimum absolute atomic E-state index is 0.0274. The van der Waals surface area contributed by atoms with E-state index in [1.165, 1.54) is 6.92 Å². The molecular formula is C40H43BF5N2O4. The third-order valence-corrected chi connectivity index (χ3v) is 8.45. The fourth-order valence-corrected chi connectivity index (χ4v) is 6.29. The van der Waals surface area contributed by atoms with Gasteiger partial charge in [-0.05, 0) is 111 Å². The van der Waals surface area contributed by atoms with Crippen LogP contribution in [0.15, 0.2) is 70.4 Å². The molecular weight excluding hydrogens is 678 g/mol. The first-order chi connectivity index (χ1) is 24.7. The SMILES string of the molecule is C=C(C(=C(\C)c1cc(F)cc(F)c1)/C(=C1/N=C(CC)C(C(=O)OCC)=C1C)c1c(C)c(C(=O)OCC)c(CC)n1[B]F)c1cc(F)cc(F)c1.CC. The van der Waals surface area contributed by atoms with Crippen LogP contribution in [-0.4, -0.2) is 43.0 Å². The first-order valence-electron chi connectivity index (χ1n) is 17.1. The molecule has 0 N–H and O–H groups in total. The van der Waals surface area contributed by atoms with Crippen LogP contribution < -0.4 is 0 Å². The number of carbonyl (C=O) groups excluding carboxylic acids is 2. The van der Waals surface area contributed by atoms with Crippen molar-refractivity contribution in [3.05, 3.63) is 122 Å². The smallest absolute Gasteiger partial charge is 0.462 e. The second-order valence-electron chi connectivity index (χ2n) is 11.5. The van der Waals surface area contributed by atoms with Gasteiger partial charge in [-0.1, -0.05) is 34.3 Å². The van der Waals surface area contributed by atoms with Crippen LogP contribution in [0.25, 0.3) is 16.7 Å². The standard InChI is InChI=1S/C38H37BF5N2O4.C2H6/c1-9-29-32(37(47)49-11-3)21(7)35(45-29)34(36-22(8)33(38(48)50-12-4)30(10-2)46(36)39-44)31(19(5)23-13-25(40)17-26(41)14-23)20(6)24-15-27(42)18-28(43)16-24;1-2/h13-18H,5,9-12H2,1-4,6-8H3;1-2H3/b31-20-,35-34-;. The molecule has 3 aromatic rings. The number of allylic oxidation sites excluding steroid dienone is 5. The van der Waals surface area contributed by atoms with Crippen molar-refractivity contribution in [1.82, 2.24) is 4.48 Å². The highest BCUT2D eigenvalue weighted by molar-refractivity contribution is 6.27. The molecule has 1 radical (unpaired) electrons. The largest absolute Gasteiger partial charge is 0.495 e. The van der Waals surface area contributed by atoms with E-state index < -0.39 is 35.2 Å². The summed E-state index contributed by atoms with van der Waals surface area (Å²) in [4.78, 5) is 31.5. The van der Waals surface area contributed by atoms with Gasteiger partial charge in [0.2, 0.25) is 0 Å². The molecule has 0 atom stereocenters. The average Bonchev–Trinajstić information content (AvgIpc) is 3.59. The molecule has 12 heteroatoms. The lowest BCUT2D eigenvalue weighted by Crippen LogP contribution is -2.14. The van der Waals surface area contributed by atoms with Crippen molar-refractivity contribution in [2.45, 2.75) is 75.2 Å². The number of aliphatic imine (C=N–C) groups is 1. The molecule has 2 heterocycles. The molecule has 1 aromatic heterocycles. The Bertz CT molecular complexity index is 1980. The van der Waals surface area contributed by atoms with Crippen LogP contribution in [0.3, 0.4) is 0 Å². The van der Waals surface area contributed by atoms with Crippen LogP contribution >= 0.6 is 0 Å². The topological polar surface area (TPSA) is 69.9 Å². The van der Waals surface area contributed by atoms with Gasteiger partial charge in [-0.3, -0.25) is 4.99 Å². The van der Waals surface area contributed by atoms with E-state index in [9.17, 15) is 27.2 Å². The number of halogens is 5. The molecule has 0 bridgehead atoms. The third-order valence-electron chi connectivity index (χ3n) is 8.45. The van der Waals surface area contributed by atoms with Crippen molar-refractivity contribution in [3.63, 3.8) is 0 Å². The zero-order chi connectivity index (χ0) is 39.0.